The monoisotopic (exact) mass is 345 g/mol. The van der Waals surface area contributed by atoms with E-state index in [2.05, 4.69) is 35.4 Å². The van der Waals surface area contributed by atoms with Gasteiger partial charge in [-0.2, -0.15) is 0 Å². The van der Waals surface area contributed by atoms with Crippen LogP contribution < -0.4 is 15.5 Å². The van der Waals surface area contributed by atoms with Crippen LogP contribution in [0.5, 0.6) is 0 Å². The van der Waals surface area contributed by atoms with Crippen molar-refractivity contribution in [1.29, 1.82) is 0 Å². The number of anilines is 2. The minimum atomic E-state index is -0.178. The molecule has 0 saturated heterocycles. The van der Waals surface area contributed by atoms with Gasteiger partial charge in [-0.1, -0.05) is 19.3 Å². The predicted octanol–water partition coefficient (Wildman–Crippen LogP) is 3.48. The number of carbonyl (C=O) groups excluding carboxylic acids is 2. The fourth-order valence-corrected chi connectivity index (χ4v) is 3.44. The van der Waals surface area contributed by atoms with Gasteiger partial charge in [0.15, 0.2) is 0 Å². The van der Waals surface area contributed by atoms with Crippen LogP contribution in [0.3, 0.4) is 0 Å². The fraction of sp³-hybridized carbons (Fsp3) is 0.600. The normalized spacial score (nSPS) is 14.8. The number of rotatable bonds is 7. The summed E-state index contributed by atoms with van der Waals surface area (Å²) in [6, 6.07) is 6.04. The Bertz CT molecular complexity index is 591. The van der Waals surface area contributed by atoms with E-state index in [1.54, 1.807) is 0 Å². The van der Waals surface area contributed by atoms with Crippen LogP contribution in [0, 0.1) is 12.8 Å². The van der Waals surface area contributed by atoms with Crippen molar-refractivity contribution >= 4 is 23.2 Å². The molecule has 2 rings (SSSR count). The lowest BCUT2D eigenvalue weighted by Gasteiger charge is -2.22. The third-order valence-corrected chi connectivity index (χ3v) is 5.01. The molecule has 0 aromatic heterocycles. The Hall–Kier alpha value is -2.04. The summed E-state index contributed by atoms with van der Waals surface area (Å²) in [4.78, 5) is 26.5. The van der Waals surface area contributed by atoms with E-state index in [1.165, 1.54) is 6.42 Å². The zero-order valence-electron chi connectivity index (χ0n) is 15.7. The summed E-state index contributed by atoms with van der Waals surface area (Å²) in [5.74, 6) is -0.0806. The van der Waals surface area contributed by atoms with E-state index in [-0.39, 0.29) is 24.3 Å². The van der Waals surface area contributed by atoms with Gasteiger partial charge in [0.1, 0.15) is 0 Å². The first kappa shape index (κ1) is 19.3. The Balaban J connectivity index is 1.86. The van der Waals surface area contributed by atoms with Gasteiger partial charge in [0.2, 0.25) is 11.8 Å². The maximum Gasteiger partial charge on any atom is 0.243 e. The minimum absolute atomic E-state index is 0.0171. The number of aryl methyl sites for hydroxylation is 1. The van der Waals surface area contributed by atoms with Gasteiger partial charge in [0.05, 0.1) is 6.54 Å². The van der Waals surface area contributed by atoms with Gasteiger partial charge >= 0.3 is 0 Å². The highest BCUT2D eigenvalue weighted by Gasteiger charge is 2.21. The Morgan fingerprint density at radius 3 is 2.40 bits per heavy atom. The largest absolute Gasteiger partial charge is 0.372 e. The molecular formula is C20H31N3O2. The molecule has 1 fully saturated rings. The van der Waals surface area contributed by atoms with E-state index >= 15 is 0 Å². The highest BCUT2D eigenvalue weighted by molar-refractivity contribution is 5.95. The molecule has 2 amide bonds. The second-order valence-electron chi connectivity index (χ2n) is 6.77. The van der Waals surface area contributed by atoms with Crippen molar-refractivity contribution in [3.8, 4) is 0 Å². The first-order valence-electron chi connectivity index (χ1n) is 9.48. The molecule has 1 aromatic rings. The number of hydrogen-bond acceptors (Lipinski definition) is 3. The van der Waals surface area contributed by atoms with Crippen LogP contribution in [0.25, 0.3) is 0 Å². The zero-order chi connectivity index (χ0) is 18.2. The highest BCUT2D eigenvalue weighted by Crippen LogP contribution is 2.24. The summed E-state index contributed by atoms with van der Waals surface area (Å²) in [7, 11) is 0. The van der Waals surface area contributed by atoms with Gasteiger partial charge in [-0.3, -0.25) is 9.59 Å². The Kier molecular flexibility index (Phi) is 7.29. The molecule has 5 heteroatoms. The lowest BCUT2D eigenvalue weighted by molar-refractivity contribution is -0.128. The van der Waals surface area contributed by atoms with Gasteiger partial charge < -0.3 is 15.5 Å². The van der Waals surface area contributed by atoms with Crippen LogP contribution >= 0.6 is 0 Å². The molecule has 138 valence electrons. The van der Waals surface area contributed by atoms with E-state index in [4.69, 9.17) is 0 Å². The second kappa shape index (κ2) is 9.44. The molecule has 1 aliphatic carbocycles. The van der Waals surface area contributed by atoms with E-state index in [9.17, 15) is 9.59 Å². The Morgan fingerprint density at radius 2 is 1.80 bits per heavy atom. The number of amides is 2. The van der Waals surface area contributed by atoms with E-state index in [0.717, 1.165) is 55.7 Å². The summed E-state index contributed by atoms with van der Waals surface area (Å²) in [5.41, 5.74) is 2.98. The fourth-order valence-electron chi connectivity index (χ4n) is 3.44. The first-order valence-corrected chi connectivity index (χ1v) is 9.48. The molecule has 1 saturated carbocycles. The topological polar surface area (TPSA) is 61.4 Å². The molecule has 5 nitrogen and oxygen atoms in total. The summed E-state index contributed by atoms with van der Waals surface area (Å²) < 4.78 is 0. The van der Waals surface area contributed by atoms with Gasteiger partial charge in [0, 0.05) is 30.4 Å². The van der Waals surface area contributed by atoms with E-state index in [1.807, 2.05) is 19.1 Å². The van der Waals surface area contributed by atoms with Crippen LogP contribution in [-0.2, 0) is 9.59 Å². The summed E-state index contributed by atoms with van der Waals surface area (Å²) in [6.07, 6.45) is 5.33. The van der Waals surface area contributed by atoms with E-state index in [0.29, 0.717) is 0 Å². The molecule has 0 aliphatic heterocycles. The molecule has 0 unspecified atom stereocenters. The SMILES string of the molecule is CCN(CC)c1ccc(NC(=O)CNC(=O)C2CCCCC2)c(C)c1. The third-order valence-electron chi connectivity index (χ3n) is 5.01. The molecule has 0 heterocycles. The predicted molar refractivity (Wildman–Crippen MR) is 103 cm³/mol. The number of hydrogen-bond donors (Lipinski definition) is 2. The molecule has 1 aromatic carbocycles. The molecular weight excluding hydrogens is 314 g/mol. The van der Waals surface area contributed by atoms with Crippen molar-refractivity contribution in [1.82, 2.24) is 5.32 Å². The van der Waals surface area contributed by atoms with Crippen LogP contribution in [0.2, 0.25) is 0 Å². The van der Waals surface area contributed by atoms with Crippen molar-refractivity contribution in [2.24, 2.45) is 5.92 Å². The average molecular weight is 345 g/mol. The molecule has 0 bridgehead atoms. The molecule has 2 N–H and O–H groups in total. The number of nitrogens with zero attached hydrogens (tertiary/aromatic N) is 1. The van der Waals surface area contributed by atoms with Crippen molar-refractivity contribution < 1.29 is 9.59 Å². The van der Waals surface area contributed by atoms with Crippen LogP contribution in [0.1, 0.15) is 51.5 Å². The highest BCUT2D eigenvalue weighted by atomic mass is 16.2. The zero-order valence-corrected chi connectivity index (χ0v) is 15.7. The quantitative estimate of drug-likeness (QED) is 0.795. The number of carbonyl (C=O) groups is 2. The first-order chi connectivity index (χ1) is 12.0. The molecule has 1 aliphatic rings. The van der Waals surface area contributed by atoms with Crippen LogP contribution in [0.4, 0.5) is 11.4 Å². The standard InChI is InChI=1S/C20H31N3O2/c1-4-23(5-2)17-11-12-18(15(3)13-17)22-19(24)14-21-20(25)16-9-7-6-8-10-16/h11-13,16H,4-10,14H2,1-3H3,(H,21,25)(H,22,24). The Labute approximate surface area is 151 Å². The van der Waals surface area contributed by atoms with Crippen LogP contribution in [0.15, 0.2) is 18.2 Å². The van der Waals surface area contributed by atoms with Gasteiger partial charge in [0.25, 0.3) is 0 Å². The summed E-state index contributed by atoms with van der Waals surface area (Å²) in [5, 5.41) is 5.68. The minimum Gasteiger partial charge on any atom is -0.372 e. The number of benzene rings is 1. The maximum absolute atomic E-state index is 12.1. The number of nitrogens with one attached hydrogen (secondary N) is 2. The van der Waals surface area contributed by atoms with Crippen molar-refractivity contribution in [3.05, 3.63) is 23.8 Å². The van der Waals surface area contributed by atoms with Gasteiger partial charge in [-0.05, 0) is 57.4 Å². The van der Waals surface area contributed by atoms with E-state index < -0.39 is 0 Å². The molecule has 0 spiro atoms. The second-order valence-corrected chi connectivity index (χ2v) is 6.77. The molecule has 0 atom stereocenters. The molecule has 0 radical (unpaired) electrons. The van der Waals surface area contributed by atoms with Crippen molar-refractivity contribution in [2.75, 3.05) is 29.9 Å². The summed E-state index contributed by atoms with van der Waals surface area (Å²) >= 11 is 0. The lowest BCUT2D eigenvalue weighted by Crippen LogP contribution is -2.37. The molecule has 25 heavy (non-hydrogen) atoms. The smallest absolute Gasteiger partial charge is 0.243 e. The van der Waals surface area contributed by atoms with Crippen molar-refractivity contribution in [2.45, 2.75) is 52.9 Å². The lowest BCUT2D eigenvalue weighted by atomic mass is 9.89. The van der Waals surface area contributed by atoms with Gasteiger partial charge in [-0.25, -0.2) is 0 Å². The Morgan fingerprint density at radius 1 is 1.12 bits per heavy atom. The third kappa shape index (κ3) is 5.48. The average Bonchev–Trinajstić information content (AvgIpc) is 2.63. The summed E-state index contributed by atoms with van der Waals surface area (Å²) in [6.45, 7) is 8.19. The van der Waals surface area contributed by atoms with Gasteiger partial charge in [-0.15, -0.1) is 0 Å². The van der Waals surface area contributed by atoms with Crippen molar-refractivity contribution in [3.63, 3.8) is 0 Å². The maximum atomic E-state index is 12.1. The van der Waals surface area contributed by atoms with Crippen LogP contribution in [-0.4, -0.2) is 31.4 Å².